The molecule has 0 bridgehead atoms. The molecule has 0 fully saturated rings. The average molecular weight is 252 g/mol. The molecule has 1 aromatic rings. The molecule has 102 valence electrons. The second-order valence-electron chi connectivity index (χ2n) is 4.11. The van der Waals surface area contributed by atoms with Crippen molar-refractivity contribution in [3.8, 4) is 0 Å². The van der Waals surface area contributed by atoms with E-state index in [1.54, 1.807) is 7.11 Å². The first kappa shape index (κ1) is 15.0. The summed E-state index contributed by atoms with van der Waals surface area (Å²) in [5.41, 5.74) is 2.42. The molecule has 0 saturated heterocycles. The lowest BCUT2D eigenvalue weighted by atomic mass is 10.1. The highest BCUT2D eigenvalue weighted by Gasteiger charge is 2.09. The van der Waals surface area contributed by atoms with Gasteiger partial charge in [-0.25, -0.2) is 0 Å². The standard InChI is InChI=1S/C14H24N2O2/c1-3-15-12-13-6-4-5-7-14(13)16(8-10-17)9-11-18-2/h4-7,15,17H,3,8-12H2,1-2H3. The molecule has 2 N–H and O–H groups in total. The largest absolute Gasteiger partial charge is 0.395 e. The van der Waals surface area contributed by atoms with E-state index in [-0.39, 0.29) is 6.61 Å². The highest BCUT2D eigenvalue weighted by atomic mass is 16.5. The molecular formula is C14H24N2O2. The zero-order valence-electron chi connectivity index (χ0n) is 11.4. The summed E-state index contributed by atoms with van der Waals surface area (Å²) in [6.07, 6.45) is 0. The minimum Gasteiger partial charge on any atom is -0.395 e. The van der Waals surface area contributed by atoms with Crippen LogP contribution in [0.4, 0.5) is 5.69 Å². The van der Waals surface area contributed by atoms with E-state index in [9.17, 15) is 0 Å². The van der Waals surface area contributed by atoms with E-state index in [1.807, 2.05) is 12.1 Å². The molecule has 0 amide bonds. The van der Waals surface area contributed by atoms with Crippen LogP contribution in [0.15, 0.2) is 24.3 Å². The molecule has 0 heterocycles. The van der Waals surface area contributed by atoms with Gasteiger partial charge in [-0.15, -0.1) is 0 Å². The lowest BCUT2D eigenvalue weighted by Crippen LogP contribution is -2.31. The smallest absolute Gasteiger partial charge is 0.0637 e. The number of benzene rings is 1. The van der Waals surface area contributed by atoms with Crippen molar-refractivity contribution in [2.45, 2.75) is 13.5 Å². The maximum Gasteiger partial charge on any atom is 0.0637 e. The first-order chi connectivity index (χ1) is 8.83. The van der Waals surface area contributed by atoms with E-state index in [0.29, 0.717) is 13.2 Å². The van der Waals surface area contributed by atoms with E-state index in [2.05, 4.69) is 29.3 Å². The van der Waals surface area contributed by atoms with Gasteiger partial charge in [0, 0.05) is 32.4 Å². The van der Waals surface area contributed by atoms with Crippen LogP contribution in [-0.4, -0.2) is 45.1 Å². The predicted octanol–water partition coefficient (Wildman–Crippen LogP) is 1.24. The molecule has 18 heavy (non-hydrogen) atoms. The normalized spacial score (nSPS) is 10.6. The van der Waals surface area contributed by atoms with E-state index in [0.717, 1.165) is 19.6 Å². The Labute approximate surface area is 110 Å². The molecule has 1 aromatic carbocycles. The Hall–Kier alpha value is -1.10. The van der Waals surface area contributed by atoms with Crippen molar-refractivity contribution in [2.24, 2.45) is 0 Å². The van der Waals surface area contributed by atoms with E-state index in [4.69, 9.17) is 9.84 Å². The van der Waals surface area contributed by atoms with Crippen LogP contribution in [0.5, 0.6) is 0 Å². The summed E-state index contributed by atoms with van der Waals surface area (Å²) < 4.78 is 5.12. The van der Waals surface area contributed by atoms with E-state index < -0.39 is 0 Å². The van der Waals surface area contributed by atoms with Crippen molar-refractivity contribution in [2.75, 3.05) is 44.9 Å². The number of ether oxygens (including phenoxy) is 1. The Bertz CT molecular complexity index is 331. The Morgan fingerprint density at radius 3 is 2.72 bits per heavy atom. The SMILES string of the molecule is CCNCc1ccccc1N(CCO)CCOC. The zero-order valence-corrected chi connectivity index (χ0v) is 11.4. The van der Waals surface area contributed by atoms with Gasteiger partial charge in [-0.1, -0.05) is 25.1 Å². The van der Waals surface area contributed by atoms with Gasteiger partial charge in [0.25, 0.3) is 0 Å². The highest BCUT2D eigenvalue weighted by Crippen LogP contribution is 2.19. The number of nitrogens with zero attached hydrogens (tertiary/aromatic N) is 1. The van der Waals surface area contributed by atoms with Crippen LogP contribution in [0.1, 0.15) is 12.5 Å². The van der Waals surface area contributed by atoms with Gasteiger partial charge in [0.15, 0.2) is 0 Å². The third-order valence-corrected chi connectivity index (χ3v) is 2.83. The molecule has 0 aliphatic heterocycles. The molecule has 0 aromatic heterocycles. The summed E-state index contributed by atoms with van der Waals surface area (Å²) in [6, 6.07) is 8.29. The number of para-hydroxylation sites is 1. The van der Waals surface area contributed by atoms with Crippen LogP contribution < -0.4 is 10.2 Å². The number of methoxy groups -OCH3 is 1. The molecule has 4 nitrogen and oxygen atoms in total. The lowest BCUT2D eigenvalue weighted by Gasteiger charge is -2.26. The number of aliphatic hydroxyl groups excluding tert-OH is 1. The quantitative estimate of drug-likeness (QED) is 0.694. The second kappa shape index (κ2) is 8.91. The van der Waals surface area contributed by atoms with Crippen LogP contribution in [0.2, 0.25) is 0 Å². The summed E-state index contributed by atoms with van der Waals surface area (Å²) in [5.74, 6) is 0. The molecule has 0 aliphatic rings. The maximum atomic E-state index is 9.17. The van der Waals surface area contributed by atoms with Crippen LogP contribution >= 0.6 is 0 Å². The van der Waals surface area contributed by atoms with E-state index in [1.165, 1.54) is 11.3 Å². The fraction of sp³-hybridized carbons (Fsp3) is 0.571. The monoisotopic (exact) mass is 252 g/mol. The summed E-state index contributed by atoms with van der Waals surface area (Å²) in [5, 5.41) is 12.5. The average Bonchev–Trinajstić information content (AvgIpc) is 2.41. The molecule has 0 saturated carbocycles. The van der Waals surface area contributed by atoms with Crippen molar-refractivity contribution in [3.05, 3.63) is 29.8 Å². The molecule has 1 rings (SSSR count). The highest BCUT2D eigenvalue weighted by molar-refractivity contribution is 5.53. The molecule has 4 heteroatoms. The van der Waals surface area contributed by atoms with Crippen molar-refractivity contribution in [1.29, 1.82) is 0 Å². The topological polar surface area (TPSA) is 44.7 Å². The van der Waals surface area contributed by atoms with Crippen LogP contribution in [0.25, 0.3) is 0 Å². The number of anilines is 1. The number of nitrogens with one attached hydrogen (secondary N) is 1. The van der Waals surface area contributed by atoms with Crippen molar-refractivity contribution < 1.29 is 9.84 Å². The number of aliphatic hydroxyl groups is 1. The van der Waals surface area contributed by atoms with Gasteiger partial charge >= 0.3 is 0 Å². The fourth-order valence-corrected chi connectivity index (χ4v) is 1.90. The maximum absolute atomic E-state index is 9.17. The molecule has 0 atom stereocenters. The zero-order chi connectivity index (χ0) is 13.2. The number of hydrogen-bond acceptors (Lipinski definition) is 4. The third kappa shape index (κ3) is 4.64. The van der Waals surface area contributed by atoms with Gasteiger partial charge in [0.2, 0.25) is 0 Å². The minimum absolute atomic E-state index is 0.152. The molecule has 0 spiro atoms. The summed E-state index contributed by atoms with van der Waals surface area (Å²) in [7, 11) is 1.70. The van der Waals surface area contributed by atoms with Crippen molar-refractivity contribution in [3.63, 3.8) is 0 Å². The second-order valence-corrected chi connectivity index (χ2v) is 4.11. The number of rotatable bonds is 9. The first-order valence-corrected chi connectivity index (χ1v) is 6.46. The Morgan fingerprint density at radius 2 is 2.06 bits per heavy atom. The third-order valence-electron chi connectivity index (χ3n) is 2.83. The Kier molecular flexibility index (Phi) is 7.41. The van der Waals surface area contributed by atoms with Gasteiger partial charge in [-0.2, -0.15) is 0 Å². The van der Waals surface area contributed by atoms with Gasteiger partial charge < -0.3 is 20.1 Å². The van der Waals surface area contributed by atoms with Crippen molar-refractivity contribution >= 4 is 5.69 Å². The summed E-state index contributed by atoms with van der Waals surface area (Å²) in [6.45, 7) is 6.13. The van der Waals surface area contributed by atoms with Gasteiger partial charge in [-0.3, -0.25) is 0 Å². The van der Waals surface area contributed by atoms with Crippen molar-refractivity contribution in [1.82, 2.24) is 5.32 Å². The van der Waals surface area contributed by atoms with E-state index >= 15 is 0 Å². The van der Waals surface area contributed by atoms with Crippen LogP contribution in [0, 0.1) is 0 Å². The fourth-order valence-electron chi connectivity index (χ4n) is 1.90. The summed E-state index contributed by atoms with van der Waals surface area (Å²) in [4.78, 5) is 2.16. The molecule has 0 radical (unpaired) electrons. The first-order valence-electron chi connectivity index (χ1n) is 6.46. The Morgan fingerprint density at radius 1 is 1.28 bits per heavy atom. The lowest BCUT2D eigenvalue weighted by molar-refractivity contribution is 0.203. The van der Waals surface area contributed by atoms with Gasteiger partial charge in [0.05, 0.1) is 13.2 Å². The summed E-state index contributed by atoms with van der Waals surface area (Å²) >= 11 is 0. The predicted molar refractivity (Wildman–Crippen MR) is 75.0 cm³/mol. The molecule has 0 aliphatic carbocycles. The Balaban J connectivity index is 2.80. The van der Waals surface area contributed by atoms with Gasteiger partial charge in [0.1, 0.15) is 0 Å². The molecule has 0 unspecified atom stereocenters. The molecular weight excluding hydrogens is 228 g/mol. The van der Waals surface area contributed by atoms with Gasteiger partial charge in [-0.05, 0) is 18.2 Å². The van der Waals surface area contributed by atoms with Crippen LogP contribution in [-0.2, 0) is 11.3 Å². The number of hydrogen-bond donors (Lipinski definition) is 2. The minimum atomic E-state index is 0.152. The van der Waals surface area contributed by atoms with Crippen LogP contribution in [0.3, 0.4) is 0 Å².